The fourth-order valence-electron chi connectivity index (χ4n) is 3.56. The SMILES string of the molecule is CCC(C)(C)CN1C(=O)C2(CCCC2)NC1c1ccsc1. The van der Waals surface area contributed by atoms with E-state index in [2.05, 4.69) is 47.8 Å². The van der Waals surface area contributed by atoms with E-state index in [0.29, 0.717) is 5.91 Å². The molecule has 0 radical (unpaired) electrons. The van der Waals surface area contributed by atoms with Crippen LogP contribution in [-0.4, -0.2) is 22.9 Å². The lowest BCUT2D eigenvalue weighted by molar-refractivity contribution is -0.134. The Labute approximate surface area is 131 Å². The molecule has 1 saturated carbocycles. The first-order valence-corrected chi connectivity index (χ1v) is 9.03. The molecule has 1 spiro atoms. The van der Waals surface area contributed by atoms with Crippen molar-refractivity contribution in [2.75, 3.05) is 6.54 Å². The van der Waals surface area contributed by atoms with Gasteiger partial charge in [-0.05, 0) is 47.1 Å². The predicted molar refractivity (Wildman–Crippen MR) is 87.2 cm³/mol. The molecule has 1 aliphatic heterocycles. The molecule has 1 saturated heterocycles. The van der Waals surface area contributed by atoms with Gasteiger partial charge in [0.05, 0.1) is 5.54 Å². The molecule has 1 N–H and O–H groups in total. The number of nitrogens with zero attached hydrogens (tertiary/aromatic N) is 1. The highest BCUT2D eigenvalue weighted by Crippen LogP contribution is 2.42. The monoisotopic (exact) mass is 306 g/mol. The minimum Gasteiger partial charge on any atom is -0.321 e. The number of thiophene rings is 1. The van der Waals surface area contributed by atoms with Gasteiger partial charge in [0.1, 0.15) is 6.17 Å². The summed E-state index contributed by atoms with van der Waals surface area (Å²) in [4.78, 5) is 15.2. The standard InChI is InChI=1S/C17H26N2OS/c1-4-16(2,3)12-19-14(13-7-10-21-11-13)18-17(15(19)20)8-5-6-9-17/h7,10-11,14,18H,4-6,8-9,12H2,1-3H3. The van der Waals surface area contributed by atoms with Gasteiger partial charge in [-0.1, -0.05) is 33.6 Å². The van der Waals surface area contributed by atoms with Gasteiger partial charge < -0.3 is 4.90 Å². The van der Waals surface area contributed by atoms with Crippen LogP contribution in [0.1, 0.15) is 64.6 Å². The minimum atomic E-state index is -0.281. The van der Waals surface area contributed by atoms with Crippen molar-refractivity contribution in [1.82, 2.24) is 10.2 Å². The largest absolute Gasteiger partial charge is 0.321 e. The van der Waals surface area contributed by atoms with Crippen LogP contribution in [0.2, 0.25) is 0 Å². The third-order valence-electron chi connectivity index (χ3n) is 5.27. The zero-order chi connectivity index (χ0) is 15.1. The molecule has 0 bridgehead atoms. The van der Waals surface area contributed by atoms with Gasteiger partial charge in [0.15, 0.2) is 0 Å². The van der Waals surface area contributed by atoms with Crippen molar-refractivity contribution >= 4 is 17.2 Å². The lowest BCUT2D eigenvalue weighted by Gasteiger charge is -2.32. The zero-order valence-corrected chi connectivity index (χ0v) is 14.1. The highest BCUT2D eigenvalue weighted by Gasteiger charge is 2.53. The molecule has 2 aliphatic rings. The molecule has 3 nitrogen and oxygen atoms in total. The van der Waals surface area contributed by atoms with E-state index in [0.717, 1.165) is 25.8 Å². The van der Waals surface area contributed by atoms with Gasteiger partial charge in [-0.2, -0.15) is 11.3 Å². The first kappa shape index (κ1) is 15.0. The Balaban J connectivity index is 1.91. The third-order valence-corrected chi connectivity index (χ3v) is 5.97. The van der Waals surface area contributed by atoms with Crippen LogP contribution in [-0.2, 0) is 4.79 Å². The summed E-state index contributed by atoms with van der Waals surface area (Å²) in [5.41, 5.74) is 1.12. The van der Waals surface area contributed by atoms with E-state index < -0.39 is 0 Å². The summed E-state index contributed by atoms with van der Waals surface area (Å²) in [5.74, 6) is 0.331. The first-order chi connectivity index (χ1) is 9.97. The van der Waals surface area contributed by atoms with E-state index in [9.17, 15) is 4.79 Å². The van der Waals surface area contributed by atoms with E-state index in [1.54, 1.807) is 11.3 Å². The Morgan fingerprint density at radius 1 is 1.43 bits per heavy atom. The average Bonchev–Trinajstić information content (AvgIpc) is 3.17. The number of nitrogens with one attached hydrogen (secondary N) is 1. The summed E-state index contributed by atoms with van der Waals surface area (Å²) in [6.45, 7) is 7.55. The zero-order valence-electron chi connectivity index (χ0n) is 13.3. The van der Waals surface area contributed by atoms with Crippen molar-refractivity contribution in [3.8, 4) is 0 Å². The van der Waals surface area contributed by atoms with Gasteiger partial charge in [0, 0.05) is 6.54 Å². The number of rotatable bonds is 4. The van der Waals surface area contributed by atoms with Crippen LogP contribution < -0.4 is 5.32 Å². The second kappa shape index (κ2) is 5.40. The number of hydrogen-bond donors (Lipinski definition) is 1. The van der Waals surface area contributed by atoms with Crippen molar-refractivity contribution in [2.24, 2.45) is 5.41 Å². The van der Waals surface area contributed by atoms with Crippen LogP contribution in [0.5, 0.6) is 0 Å². The van der Waals surface area contributed by atoms with Gasteiger partial charge in [-0.3, -0.25) is 10.1 Å². The third kappa shape index (κ3) is 2.64. The lowest BCUT2D eigenvalue weighted by Crippen LogP contribution is -2.45. The van der Waals surface area contributed by atoms with Crippen molar-refractivity contribution in [3.63, 3.8) is 0 Å². The molecule has 1 atom stereocenters. The fraction of sp³-hybridized carbons (Fsp3) is 0.706. The van der Waals surface area contributed by atoms with Crippen molar-refractivity contribution in [2.45, 2.75) is 64.6 Å². The van der Waals surface area contributed by atoms with Crippen molar-refractivity contribution < 1.29 is 4.79 Å². The summed E-state index contributed by atoms with van der Waals surface area (Å²) in [6.07, 6.45) is 5.47. The van der Waals surface area contributed by atoms with Crippen LogP contribution >= 0.6 is 11.3 Å². The van der Waals surface area contributed by atoms with Crippen molar-refractivity contribution in [3.05, 3.63) is 22.4 Å². The fourth-order valence-corrected chi connectivity index (χ4v) is 4.24. The average molecular weight is 306 g/mol. The van der Waals surface area contributed by atoms with E-state index in [1.807, 2.05) is 0 Å². The van der Waals surface area contributed by atoms with Crippen molar-refractivity contribution in [1.29, 1.82) is 0 Å². The molecule has 1 aromatic heterocycles. The smallest absolute Gasteiger partial charge is 0.244 e. The molecule has 116 valence electrons. The quantitative estimate of drug-likeness (QED) is 0.914. The van der Waals surface area contributed by atoms with Gasteiger partial charge in [0.25, 0.3) is 0 Å². The number of hydrogen-bond acceptors (Lipinski definition) is 3. The van der Waals surface area contributed by atoms with E-state index in [-0.39, 0.29) is 17.1 Å². The molecule has 1 unspecified atom stereocenters. The summed E-state index contributed by atoms with van der Waals surface area (Å²) in [6, 6.07) is 2.15. The summed E-state index contributed by atoms with van der Waals surface area (Å²) >= 11 is 1.71. The summed E-state index contributed by atoms with van der Waals surface area (Å²) < 4.78 is 0. The molecule has 0 aromatic carbocycles. The second-order valence-electron chi connectivity index (χ2n) is 7.34. The van der Waals surface area contributed by atoms with E-state index in [4.69, 9.17) is 0 Å². The predicted octanol–water partition coefficient (Wildman–Crippen LogP) is 3.93. The van der Waals surface area contributed by atoms with Crippen LogP contribution in [0.3, 0.4) is 0 Å². The topological polar surface area (TPSA) is 32.3 Å². The van der Waals surface area contributed by atoms with Gasteiger partial charge >= 0.3 is 0 Å². The summed E-state index contributed by atoms with van der Waals surface area (Å²) in [5, 5.41) is 7.97. The van der Waals surface area contributed by atoms with Crippen LogP contribution in [0, 0.1) is 5.41 Å². The molecule has 1 aromatic rings. The Morgan fingerprint density at radius 2 is 2.14 bits per heavy atom. The molecule has 2 heterocycles. The molecular weight excluding hydrogens is 280 g/mol. The maximum Gasteiger partial charge on any atom is 0.244 e. The summed E-state index contributed by atoms with van der Waals surface area (Å²) in [7, 11) is 0. The van der Waals surface area contributed by atoms with E-state index in [1.165, 1.54) is 18.4 Å². The molecule has 3 rings (SSSR count). The van der Waals surface area contributed by atoms with Gasteiger partial charge in [0.2, 0.25) is 5.91 Å². The molecule has 2 fully saturated rings. The highest BCUT2D eigenvalue weighted by atomic mass is 32.1. The minimum absolute atomic E-state index is 0.0627. The second-order valence-corrected chi connectivity index (χ2v) is 8.12. The number of carbonyl (C=O) groups is 1. The van der Waals surface area contributed by atoms with Gasteiger partial charge in [-0.15, -0.1) is 0 Å². The maximum atomic E-state index is 13.1. The molecule has 4 heteroatoms. The van der Waals surface area contributed by atoms with E-state index >= 15 is 0 Å². The molecule has 1 amide bonds. The van der Waals surface area contributed by atoms with Crippen LogP contribution in [0.15, 0.2) is 16.8 Å². The molecular formula is C17H26N2OS. The Bertz CT molecular complexity index is 503. The first-order valence-electron chi connectivity index (χ1n) is 8.08. The maximum absolute atomic E-state index is 13.1. The Hall–Kier alpha value is -0.870. The van der Waals surface area contributed by atoms with Crippen LogP contribution in [0.4, 0.5) is 0 Å². The normalized spacial score (nSPS) is 25.2. The number of carbonyl (C=O) groups excluding carboxylic acids is 1. The molecule has 21 heavy (non-hydrogen) atoms. The lowest BCUT2D eigenvalue weighted by atomic mass is 9.89. The Morgan fingerprint density at radius 3 is 2.71 bits per heavy atom. The highest BCUT2D eigenvalue weighted by molar-refractivity contribution is 7.07. The molecule has 1 aliphatic carbocycles. The number of amides is 1. The Kier molecular flexibility index (Phi) is 3.87. The van der Waals surface area contributed by atoms with Gasteiger partial charge in [-0.25, -0.2) is 0 Å². The van der Waals surface area contributed by atoms with Crippen LogP contribution in [0.25, 0.3) is 0 Å².